The summed E-state index contributed by atoms with van der Waals surface area (Å²) in [6, 6.07) is 6.96. The van der Waals surface area contributed by atoms with Gasteiger partial charge in [-0.05, 0) is 18.2 Å². The van der Waals surface area contributed by atoms with E-state index in [4.69, 9.17) is 16.3 Å². The largest absolute Gasteiger partial charge is 0.496 e. The van der Waals surface area contributed by atoms with Crippen LogP contribution in [0, 0.1) is 0 Å². The summed E-state index contributed by atoms with van der Waals surface area (Å²) >= 11 is 5.74. The number of benzene rings is 1. The number of nitrogens with one attached hydrogen (secondary N) is 1. The molecule has 72 valence electrons. The van der Waals surface area contributed by atoms with Crippen molar-refractivity contribution in [2.75, 3.05) is 7.11 Å². The van der Waals surface area contributed by atoms with Crippen molar-refractivity contribution in [3.05, 3.63) is 39.8 Å². The predicted octanol–water partition coefficient (Wildman–Crippen LogP) is 2.19. The fraction of sp³-hybridized carbons (Fsp3) is 0.100. The van der Waals surface area contributed by atoms with Crippen LogP contribution in [0.2, 0.25) is 5.15 Å². The fourth-order valence-electron chi connectivity index (χ4n) is 1.41. The molecule has 2 aromatic rings. The second kappa shape index (κ2) is 3.35. The number of rotatable bonds is 1. The molecule has 4 heteroatoms. The number of aromatic nitrogens is 1. The lowest BCUT2D eigenvalue weighted by Crippen LogP contribution is -2.05. The molecule has 0 atom stereocenters. The van der Waals surface area contributed by atoms with Crippen molar-refractivity contribution in [3.8, 4) is 5.75 Å². The van der Waals surface area contributed by atoms with Gasteiger partial charge in [0.1, 0.15) is 10.9 Å². The van der Waals surface area contributed by atoms with Gasteiger partial charge >= 0.3 is 0 Å². The van der Waals surface area contributed by atoms with Crippen molar-refractivity contribution < 1.29 is 4.74 Å². The number of hydrogen-bond acceptors (Lipinski definition) is 2. The van der Waals surface area contributed by atoms with Crippen molar-refractivity contribution in [3.63, 3.8) is 0 Å². The molecule has 1 aromatic heterocycles. The lowest BCUT2D eigenvalue weighted by Gasteiger charge is -2.04. The van der Waals surface area contributed by atoms with E-state index in [0.29, 0.717) is 16.3 Å². The Morgan fingerprint density at radius 1 is 1.36 bits per heavy atom. The molecule has 2 rings (SSSR count). The van der Waals surface area contributed by atoms with Gasteiger partial charge in [-0.1, -0.05) is 17.7 Å². The minimum absolute atomic E-state index is 0.202. The van der Waals surface area contributed by atoms with E-state index in [0.717, 1.165) is 5.39 Å². The summed E-state index contributed by atoms with van der Waals surface area (Å²) in [4.78, 5) is 14.0. The van der Waals surface area contributed by atoms with Crippen molar-refractivity contribution in [1.29, 1.82) is 0 Å². The Morgan fingerprint density at radius 2 is 2.14 bits per heavy atom. The molecule has 0 aliphatic rings. The first-order chi connectivity index (χ1) is 6.72. The van der Waals surface area contributed by atoms with Crippen LogP contribution in [0.15, 0.2) is 29.1 Å². The molecule has 1 N–H and O–H groups in total. The van der Waals surface area contributed by atoms with Gasteiger partial charge in [0, 0.05) is 5.39 Å². The van der Waals surface area contributed by atoms with Gasteiger partial charge in [0.05, 0.1) is 12.5 Å². The number of aromatic amines is 1. The molecular weight excluding hydrogens is 202 g/mol. The van der Waals surface area contributed by atoms with Gasteiger partial charge in [0.25, 0.3) is 5.56 Å². The number of methoxy groups -OCH3 is 1. The SMILES string of the molecule is COc1cccc2c(=O)[nH]c(Cl)cc12. The topological polar surface area (TPSA) is 42.1 Å². The van der Waals surface area contributed by atoms with Gasteiger partial charge in [-0.25, -0.2) is 0 Å². The lowest BCUT2D eigenvalue weighted by atomic mass is 10.1. The van der Waals surface area contributed by atoms with E-state index in [-0.39, 0.29) is 5.56 Å². The number of H-pyrrole nitrogens is 1. The maximum absolute atomic E-state index is 11.5. The van der Waals surface area contributed by atoms with Gasteiger partial charge in [-0.3, -0.25) is 4.79 Å². The molecule has 0 fully saturated rings. The number of halogens is 1. The quantitative estimate of drug-likeness (QED) is 0.732. The Labute approximate surface area is 85.3 Å². The van der Waals surface area contributed by atoms with Crippen LogP contribution in [0.25, 0.3) is 10.8 Å². The standard InChI is InChI=1S/C10H8ClNO2/c1-14-8-4-2-3-6-7(8)5-9(11)12-10(6)13/h2-5H,1H3,(H,12,13). The molecule has 0 saturated carbocycles. The average molecular weight is 210 g/mol. The average Bonchev–Trinajstić information content (AvgIpc) is 2.17. The zero-order valence-corrected chi connectivity index (χ0v) is 8.26. The Hall–Kier alpha value is -1.48. The Kier molecular flexibility index (Phi) is 2.17. The number of fused-ring (bicyclic) bond motifs is 1. The van der Waals surface area contributed by atoms with E-state index in [1.54, 1.807) is 31.4 Å². The van der Waals surface area contributed by atoms with Crippen molar-refractivity contribution in [1.82, 2.24) is 4.98 Å². The molecule has 0 bridgehead atoms. The maximum atomic E-state index is 11.5. The van der Waals surface area contributed by atoms with E-state index in [2.05, 4.69) is 4.98 Å². The summed E-state index contributed by atoms with van der Waals surface area (Å²) in [5, 5.41) is 1.62. The Balaban J connectivity index is 2.94. The lowest BCUT2D eigenvalue weighted by molar-refractivity contribution is 0.420. The van der Waals surface area contributed by atoms with Crippen LogP contribution >= 0.6 is 11.6 Å². The van der Waals surface area contributed by atoms with E-state index >= 15 is 0 Å². The first-order valence-corrected chi connectivity index (χ1v) is 4.45. The summed E-state index contributed by atoms with van der Waals surface area (Å²) in [7, 11) is 1.56. The second-order valence-electron chi connectivity index (χ2n) is 2.87. The van der Waals surface area contributed by atoms with Crippen LogP contribution in [0.5, 0.6) is 5.75 Å². The highest BCUT2D eigenvalue weighted by Crippen LogP contribution is 2.24. The third kappa shape index (κ3) is 1.36. The first-order valence-electron chi connectivity index (χ1n) is 4.08. The third-order valence-corrected chi connectivity index (χ3v) is 2.24. The van der Waals surface area contributed by atoms with Crippen molar-refractivity contribution in [2.24, 2.45) is 0 Å². The summed E-state index contributed by atoms with van der Waals surface area (Å²) < 4.78 is 5.13. The van der Waals surface area contributed by atoms with Crippen molar-refractivity contribution in [2.45, 2.75) is 0 Å². The summed E-state index contributed by atoms with van der Waals surface area (Å²) in [5.41, 5.74) is -0.202. The van der Waals surface area contributed by atoms with Gasteiger partial charge in [-0.15, -0.1) is 0 Å². The Bertz CT molecular complexity index is 533. The third-order valence-electron chi connectivity index (χ3n) is 2.03. The summed E-state index contributed by atoms with van der Waals surface area (Å²) in [5.74, 6) is 0.649. The highest BCUT2D eigenvalue weighted by atomic mass is 35.5. The molecule has 3 nitrogen and oxygen atoms in total. The summed E-state index contributed by atoms with van der Waals surface area (Å²) in [6.45, 7) is 0. The maximum Gasteiger partial charge on any atom is 0.257 e. The number of hydrogen-bond donors (Lipinski definition) is 1. The minimum Gasteiger partial charge on any atom is -0.496 e. The normalized spacial score (nSPS) is 10.4. The number of pyridine rings is 1. The van der Waals surface area contributed by atoms with Crippen LogP contribution in [-0.2, 0) is 0 Å². The molecule has 0 radical (unpaired) electrons. The van der Waals surface area contributed by atoms with Crippen LogP contribution < -0.4 is 10.3 Å². The minimum atomic E-state index is -0.202. The van der Waals surface area contributed by atoms with E-state index in [1.165, 1.54) is 0 Å². The molecule has 0 aliphatic carbocycles. The van der Waals surface area contributed by atoms with E-state index < -0.39 is 0 Å². The van der Waals surface area contributed by atoms with Crippen LogP contribution in [0.3, 0.4) is 0 Å². The van der Waals surface area contributed by atoms with Gasteiger partial charge in [0.2, 0.25) is 0 Å². The fourth-order valence-corrected chi connectivity index (χ4v) is 1.60. The molecule has 0 aliphatic heterocycles. The summed E-state index contributed by atoms with van der Waals surface area (Å²) in [6.07, 6.45) is 0. The molecule has 1 heterocycles. The molecule has 1 aromatic carbocycles. The predicted molar refractivity (Wildman–Crippen MR) is 56.1 cm³/mol. The van der Waals surface area contributed by atoms with Crippen LogP contribution in [0.4, 0.5) is 0 Å². The second-order valence-corrected chi connectivity index (χ2v) is 3.28. The Morgan fingerprint density at radius 3 is 2.86 bits per heavy atom. The molecule has 0 saturated heterocycles. The van der Waals surface area contributed by atoms with E-state index in [1.807, 2.05) is 0 Å². The highest BCUT2D eigenvalue weighted by molar-refractivity contribution is 6.30. The first kappa shape index (κ1) is 9.09. The monoisotopic (exact) mass is 209 g/mol. The smallest absolute Gasteiger partial charge is 0.257 e. The van der Waals surface area contributed by atoms with Crippen LogP contribution in [-0.4, -0.2) is 12.1 Å². The molecule has 0 unspecified atom stereocenters. The molecule has 0 amide bonds. The zero-order chi connectivity index (χ0) is 10.1. The zero-order valence-electron chi connectivity index (χ0n) is 7.50. The molecule has 0 spiro atoms. The van der Waals surface area contributed by atoms with E-state index in [9.17, 15) is 4.79 Å². The van der Waals surface area contributed by atoms with Crippen molar-refractivity contribution >= 4 is 22.4 Å². The molecule has 14 heavy (non-hydrogen) atoms. The molecular formula is C10H8ClNO2. The highest BCUT2D eigenvalue weighted by Gasteiger charge is 2.04. The van der Waals surface area contributed by atoms with Gasteiger partial charge in [-0.2, -0.15) is 0 Å². The van der Waals surface area contributed by atoms with Gasteiger partial charge < -0.3 is 9.72 Å². The van der Waals surface area contributed by atoms with Gasteiger partial charge in [0.15, 0.2) is 0 Å². The van der Waals surface area contributed by atoms with Crippen LogP contribution in [0.1, 0.15) is 0 Å². The number of ether oxygens (including phenoxy) is 1.